The number of ether oxygens (including phenoxy) is 1. The van der Waals surface area contributed by atoms with E-state index in [9.17, 15) is 54.0 Å². The number of hydrogen-bond acceptors (Lipinski definition) is 20. The zero-order valence-corrected chi connectivity index (χ0v) is 30.7. The Morgan fingerprint density at radius 3 is 2.44 bits per heavy atom. The average Bonchev–Trinajstić information content (AvgIpc) is 3.66. The number of nitrogen functional groups attached to an aromatic ring is 1. The maximum Gasteiger partial charge on any atom is 0.481 e. The fourth-order valence-corrected chi connectivity index (χ4v) is 8.02. The first-order chi connectivity index (χ1) is 25.8. The van der Waals surface area contributed by atoms with Crippen LogP contribution in [0.2, 0.25) is 0 Å². The molecular weight excluding hydrogens is 778 g/mol. The Labute approximate surface area is 307 Å². The lowest BCUT2D eigenvalue weighted by Gasteiger charge is -2.26. The number of phosphoric ester groups is 2. The number of imidazole rings is 1. The monoisotopic (exact) mass is 814 g/mol. The number of aromatic amines is 1. The van der Waals surface area contributed by atoms with Gasteiger partial charge in [0, 0.05) is 19.8 Å². The van der Waals surface area contributed by atoms with Crippen LogP contribution in [0.1, 0.15) is 11.8 Å². The highest BCUT2D eigenvalue weighted by Crippen LogP contribution is 2.60. The third-order valence-electron chi connectivity index (χ3n) is 8.58. The third kappa shape index (κ3) is 8.29. The number of phosphoric acid groups is 2. The SMILES string of the molecule is Cc1cc2nc3c(=O)[nH]c(=O)nc-3n(C[C@@H](O)[C@@H](O)[C@H](O)COP(=O)(O)OP(=O)(O)OC[C@@H]3O[C@@H](n4cnc5c(N)ncnc54)[C@H](O)[C@H]3O)c2cc1N(C)C. The zero-order chi connectivity index (χ0) is 40.1. The molecule has 9 atom stereocenters. The number of nitrogens with two attached hydrogens (primary N) is 1. The first-order valence-corrected chi connectivity index (χ1v) is 19.0. The molecule has 55 heavy (non-hydrogen) atoms. The van der Waals surface area contributed by atoms with Gasteiger partial charge in [-0.3, -0.25) is 23.4 Å². The fourth-order valence-electron chi connectivity index (χ4n) is 5.92. The number of aliphatic hydroxyl groups is 5. The van der Waals surface area contributed by atoms with E-state index < -0.39 is 89.5 Å². The standard InChI is InChI=1S/C28H36N10O15P2/c1-11-4-12-14(5-13(11)36(2)3)37(25-19(33-12)26(44)35-28(45)34-25)6-15(39)20(41)16(40)7-50-54(46,47)53-55(48,49)51-8-17-21(42)22(43)27(52-17)38-10-32-18-23(29)30-9-31-24(18)38/h4-5,9-10,15-17,20-22,27,39-43H,6-8H2,1-3H3,(H,46,47)(H,48,49)(H2,29,30,31)(H,35,44,45)/t15-,16-,17+,20-,21+,22-,27-/m1/s1. The van der Waals surface area contributed by atoms with E-state index in [0.29, 0.717) is 5.69 Å². The lowest BCUT2D eigenvalue weighted by molar-refractivity contribution is -0.0794. The van der Waals surface area contributed by atoms with Crippen molar-refractivity contribution in [2.75, 3.05) is 37.9 Å². The summed E-state index contributed by atoms with van der Waals surface area (Å²) >= 11 is 0. The first kappa shape index (κ1) is 40.3. The molecule has 1 aromatic carbocycles. The van der Waals surface area contributed by atoms with Crippen LogP contribution in [-0.2, 0) is 33.8 Å². The molecule has 6 rings (SSSR count). The van der Waals surface area contributed by atoms with Crippen LogP contribution < -0.4 is 21.9 Å². The number of aryl methyl sites for hydroxylation is 1. The maximum absolute atomic E-state index is 12.6. The number of anilines is 2. The van der Waals surface area contributed by atoms with E-state index >= 15 is 0 Å². The lowest BCUT2D eigenvalue weighted by atomic mass is 10.1. The van der Waals surface area contributed by atoms with Gasteiger partial charge in [0.25, 0.3) is 5.56 Å². The molecule has 10 N–H and O–H groups in total. The maximum atomic E-state index is 12.6. The van der Waals surface area contributed by atoms with Crippen molar-refractivity contribution >= 4 is 49.3 Å². The number of benzene rings is 1. The van der Waals surface area contributed by atoms with Gasteiger partial charge in [-0.25, -0.2) is 33.9 Å². The molecule has 3 aliphatic heterocycles. The molecule has 0 aliphatic carbocycles. The van der Waals surface area contributed by atoms with Crippen LogP contribution in [0.25, 0.3) is 33.7 Å². The second-order valence-corrected chi connectivity index (χ2v) is 15.7. The number of aliphatic hydroxyl groups excluding tert-OH is 5. The van der Waals surface area contributed by atoms with E-state index in [0.717, 1.165) is 11.9 Å². The van der Waals surface area contributed by atoms with Gasteiger partial charge < -0.3 is 55.3 Å². The molecule has 2 aromatic heterocycles. The van der Waals surface area contributed by atoms with Crippen LogP contribution in [0.5, 0.6) is 0 Å². The smallest absolute Gasteiger partial charge is 0.388 e. The number of rotatable bonds is 14. The molecule has 27 heteroatoms. The summed E-state index contributed by atoms with van der Waals surface area (Å²) < 4.78 is 46.7. The fraction of sp³-hybridized carbons (Fsp3) is 0.464. The Morgan fingerprint density at radius 2 is 1.73 bits per heavy atom. The molecule has 0 amide bonds. The highest BCUT2D eigenvalue weighted by molar-refractivity contribution is 7.61. The molecule has 25 nitrogen and oxygen atoms in total. The normalized spacial score (nSPS) is 22.8. The van der Waals surface area contributed by atoms with Gasteiger partial charge >= 0.3 is 21.3 Å². The minimum atomic E-state index is -5.56. The molecule has 1 saturated heterocycles. The van der Waals surface area contributed by atoms with Gasteiger partial charge in [0.15, 0.2) is 29.2 Å². The Bertz CT molecular complexity index is 2410. The summed E-state index contributed by atoms with van der Waals surface area (Å²) in [5, 5.41) is 53.3. The summed E-state index contributed by atoms with van der Waals surface area (Å²) in [6.45, 7) is -1.01. The molecule has 2 unspecified atom stereocenters. The van der Waals surface area contributed by atoms with Crippen molar-refractivity contribution in [1.29, 1.82) is 0 Å². The second-order valence-electron chi connectivity index (χ2n) is 12.7. The molecule has 298 valence electrons. The van der Waals surface area contributed by atoms with Crippen molar-refractivity contribution in [1.82, 2.24) is 39.0 Å². The van der Waals surface area contributed by atoms with Crippen molar-refractivity contribution in [3.63, 3.8) is 0 Å². The summed E-state index contributed by atoms with van der Waals surface area (Å²) in [4.78, 5) is 68.8. The number of H-pyrrole nitrogens is 1. The van der Waals surface area contributed by atoms with Gasteiger partial charge in [-0.2, -0.15) is 9.29 Å². The van der Waals surface area contributed by atoms with E-state index in [1.807, 2.05) is 4.98 Å². The van der Waals surface area contributed by atoms with E-state index in [2.05, 4.69) is 33.8 Å². The van der Waals surface area contributed by atoms with Crippen LogP contribution in [-0.4, -0.2) is 138 Å². The van der Waals surface area contributed by atoms with Crippen molar-refractivity contribution < 1.29 is 62.5 Å². The van der Waals surface area contributed by atoms with Crippen LogP contribution >= 0.6 is 15.6 Å². The van der Waals surface area contributed by atoms with Gasteiger partial charge in [0.05, 0.1) is 37.1 Å². The molecular formula is C28H36N10O15P2. The molecule has 5 heterocycles. The molecule has 0 radical (unpaired) electrons. The number of aromatic nitrogens is 8. The molecule has 0 bridgehead atoms. The van der Waals surface area contributed by atoms with Crippen LogP contribution in [0, 0.1) is 6.92 Å². The summed E-state index contributed by atoms with van der Waals surface area (Å²) in [6.07, 6.45) is -10.00. The first-order valence-electron chi connectivity index (χ1n) is 16.0. The van der Waals surface area contributed by atoms with E-state index in [-0.39, 0.29) is 39.5 Å². The number of nitrogens with one attached hydrogen (secondary N) is 1. The van der Waals surface area contributed by atoms with Crippen molar-refractivity contribution in [3.8, 4) is 11.5 Å². The predicted molar refractivity (Wildman–Crippen MR) is 186 cm³/mol. The Balaban J connectivity index is 1.09. The number of fused-ring (bicyclic) bond motifs is 3. The Morgan fingerprint density at radius 1 is 1.02 bits per heavy atom. The summed E-state index contributed by atoms with van der Waals surface area (Å²) in [7, 11) is -7.52. The average molecular weight is 815 g/mol. The van der Waals surface area contributed by atoms with Gasteiger partial charge in [0.1, 0.15) is 48.5 Å². The molecule has 1 fully saturated rings. The minimum absolute atomic E-state index is 0.0282. The van der Waals surface area contributed by atoms with Crippen molar-refractivity contribution in [3.05, 3.63) is 51.2 Å². The summed E-state index contributed by atoms with van der Waals surface area (Å²) in [5.74, 6) is -0.227. The quantitative estimate of drug-likeness (QED) is 0.0408. The van der Waals surface area contributed by atoms with Gasteiger partial charge in [-0.1, -0.05) is 0 Å². The van der Waals surface area contributed by atoms with E-state index in [4.69, 9.17) is 15.0 Å². The third-order valence-corrected chi connectivity index (χ3v) is 11.2. The molecule has 3 aromatic rings. The van der Waals surface area contributed by atoms with Crippen molar-refractivity contribution in [2.24, 2.45) is 0 Å². The topological polar surface area (TPSA) is 366 Å². The molecule has 0 spiro atoms. The largest absolute Gasteiger partial charge is 0.481 e. The number of hydrogen-bond donors (Lipinski definition) is 9. The predicted octanol–water partition coefficient (Wildman–Crippen LogP) is -2.67. The highest BCUT2D eigenvalue weighted by atomic mass is 31.3. The summed E-state index contributed by atoms with van der Waals surface area (Å²) in [6, 6.07) is 3.29. The van der Waals surface area contributed by atoms with Crippen molar-refractivity contribution in [2.45, 2.75) is 56.3 Å². The Kier molecular flexibility index (Phi) is 11.2. The van der Waals surface area contributed by atoms with Gasteiger partial charge in [-0.05, 0) is 24.6 Å². The van der Waals surface area contributed by atoms with Crippen LogP contribution in [0.15, 0.2) is 34.4 Å². The second kappa shape index (κ2) is 15.3. The number of nitrogens with zero attached hydrogens (tertiary/aromatic N) is 8. The molecule has 3 aliphatic rings. The lowest BCUT2D eigenvalue weighted by Crippen LogP contribution is -2.42. The van der Waals surface area contributed by atoms with E-state index in [1.165, 1.54) is 15.5 Å². The van der Waals surface area contributed by atoms with Crippen LogP contribution in [0.4, 0.5) is 11.5 Å². The highest BCUT2D eigenvalue weighted by Gasteiger charge is 2.46. The van der Waals surface area contributed by atoms with Gasteiger partial charge in [0.2, 0.25) is 0 Å². The zero-order valence-electron chi connectivity index (χ0n) is 28.9. The molecule has 0 saturated carbocycles. The Hall–Kier alpha value is -4.33. The van der Waals surface area contributed by atoms with E-state index in [1.54, 1.807) is 38.1 Å². The minimum Gasteiger partial charge on any atom is -0.388 e. The van der Waals surface area contributed by atoms with Crippen LogP contribution in [0.3, 0.4) is 0 Å². The van der Waals surface area contributed by atoms with Gasteiger partial charge in [-0.15, -0.1) is 0 Å². The summed E-state index contributed by atoms with van der Waals surface area (Å²) in [5.41, 5.74) is 5.93.